The van der Waals surface area contributed by atoms with Crippen LogP contribution in [0.4, 0.5) is 0 Å². The van der Waals surface area contributed by atoms with E-state index in [0.717, 1.165) is 16.9 Å². The maximum atomic E-state index is 11.1. The van der Waals surface area contributed by atoms with Crippen molar-refractivity contribution in [1.29, 1.82) is 0 Å². The van der Waals surface area contributed by atoms with Crippen molar-refractivity contribution in [2.24, 2.45) is 16.3 Å². The second-order valence-corrected chi connectivity index (χ2v) is 6.67. The van der Waals surface area contributed by atoms with E-state index in [4.69, 9.17) is 5.21 Å². The fourth-order valence-electron chi connectivity index (χ4n) is 3.21. The SMILES string of the molecule is Cc1cccc2[nH]c(C(C(C)C)N3C/C(=C/CC(=O)NO)N=N3)cc12. The van der Waals surface area contributed by atoms with Gasteiger partial charge in [-0.05, 0) is 36.6 Å². The van der Waals surface area contributed by atoms with Crippen LogP contribution < -0.4 is 5.48 Å². The van der Waals surface area contributed by atoms with Gasteiger partial charge >= 0.3 is 0 Å². The number of nitrogens with one attached hydrogen (secondary N) is 2. The molecule has 0 radical (unpaired) electrons. The molecule has 1 unspecified atom stereocenters. The van der Waals surface area contributed by atoms with Gasteiger partial charge < -0.3 is 4.98 Å². The quantitative estimate of drug-likeness (QED) is 0.572. The highest BCUT2D eigenvalue weighted by Gasteiger charge is 2.28. The highest BCUT2D eigenvalue weighted by atomic mass is 16.5. The third-order valence-electron chi connectivity index (χ3n) is 4.43. The molecule has 1 atom stereocenters. The molecule has 1 aromatic carbocycles. The van der Waals surface area contributed by atoms with E-state index in [-0.39, 0.29) is 12.5 Å². The minimum atomic E-state index is -0.465. The zero-order valence-electron chi connectivity index (χ0n) is 14.7. The van der Waals surface area contributed by atoms with Crippen LogP contribution in [0.15, 0.2) is 46.4 Å². The van der Waals surface area contributed by atoms with Gasteiger partial charge in [0.1, 0.15) is 0 Å². The fraction of sp³-hybridized carbons (Fsp3) is 0.389. The lowest BCUT2D eigenvalue weighted by Gasteiger charge is -2.27. The van der Waals surface area contributed by atoms with E-state index in [0.29, 0.717) is 12.5 Å². The summed E-state index contributed by atoms with van der Waals surface area (Å²) in [4.78, 5) is 14.7. The van der Waals surface area contributed by atoms with Gasteiger partial charge in [0.2, 0.25) is 5.91 Å². The fourth-order valence-corrected chi connectivity index (χ4v) is 3.21. The van der Waals surface area contributed by atoms with Crippen LogP contribution in [0.1, 0.15) is 37.6 Å². The van der Waals surface area contributed by atoms with E-state index < -0.39 is 5.91 Å². The van der Waals surface area contributed by atoms with Gasteiger partial charge in [-0.25, -0.2) is 5.48 Å². The average molecular weight is 341 g/mol. The molecule has 3 N–H and O–H groups in total. The Hall–Kier alpha value is -2.67. The summed E-state index contributed by atoms with van der Waals surface area (Å²) in [5, 5.41) is 20.2. The van der Waals surface area contributed by atoms with E-state index in [2.05, 4.69) is 54.3 Å². The van der Waals surface area contributed by atoms with Crippen LogP contribution in [0.25, 0.3) is 10.9 Å². The average Bonchev–Trinajstić information content (AvgIpc) is 3.20. The molecule has 7 nitrogen and oxygen atoms in total. The number of amides is 1. The van der Waals surface area contributed by atoms with Crippen LogP contribution in [-0.4, -0.2) is 27.7 Å². The monoisotopic (exact) mass is 341 g/mol. The summed E-state index contributed by atoms with van der Waals surface area (Å²) < 4.78 is 0. The molecule has 132 valence electrons. The second-order valence-electron chi connectivity index (χ2n) is 6.67. The summed E-state index contributed by atoms with van der Waals surface area (Å²) in [5.41, 5.74) is 5.80. The van der Waals surface area contributed by atoms with Crippen LogP contribution in [-0.2, 0) is 4.79 Å². The first-order valence-corrected chi connectivity index (χ1v) is 8.38. The number of fused-ring (bicyclic) bond motifs is 1. The van der Waals surface area contributed by atoms with Gasteiger partial charge in [-0.1, -0.05) is 31.2 Å². The van der Waals surface area contributed by atoms with E-state index in [9.17, 15) is 4.79 Å². The first-order valence-electron chi connectivity index (χ1n) is 8.38. The lowest BCUT2D eigenvalue weighted by molar-refractivity contribution is -0.128. The number of aromatic nitrogens is 1. The second kappa shape index (κ2) is 7.06. The Bertz CT molecular complexity index is 837. The van der Waals surface area contributed by atoms with Crippen molar-refractivity contribution in [3.05, 3.63) is 47.3 Å². The molecule has 1 amide bonds. The Kier molecular flexibility index (Phi) is 4.85. The zero-order valence-corrected chi connectivity index (χ0v) is 14.7. The van der Waals surface area contributed by atoms with Crippen molar-refractivity contribution in [2.45, 2.75) is 33.2 Å². The number of carbonyl (C=O) groups excluding carboxylic acids is 1. The minimum Gasteiger partial charge on any atom is -0.357 e. The predicted molar refractivity (Wildman–Crippen MR) is 94.8 cm³/mol. The van der Waals surface area contributed by atoms with Crippen molar-refractivity contribution in [3.63, 3.8) is 0 Å². The van der Waals surface area contributed by atoms with Crippen molar-refractivity contribution < 1.29 is 10.0 Å². The molecule has 0 saturated carbocycles. The number of nitrogens with zero attached hydrogens (tertiary/aromatic N) is 3. The lowest BCUT2D eigenvalue weighted by Crippen LogP contribution is -2.26. The molecule has 3 rings (SSSR count). The molecule has 2 heterocycles. The number of aryl methyl sites for hydroxylation is 1. The van der Waals surface area contributed by atoms with Gasteiger partial charge in [0.25, 0.3) is 0 Å². The predicted octanol–water partition coefficient (Wildman–Crippen LogP) is 3.64. The first-order chi connectivity index (χ1) is 12.0. The zero-order chi connectivity index (χ0) is 18.0. The molecule has 0 bridgehead atoms. The maximum absolute atomic E-state index is 11.1. The molecule has 1 aromatic heterocycles. The molecule has 0 saturated heterocycles. The summed E-state index contributed by atoms with van der Waals surface area (Å²) in [6.45, 7) is 6.95. The number of hydrogen-bond donors (Lipinski definition) is 3. The molecule has 7 heteroatoms. The third kappa shape index (κ3) is 3.56. The summed E-state index contributed by atoms with van der Waals surface area (Å²) in [5.74, 6) is -0.139. The van der Waals surface area contributed by atoms with Gasteiger partial charge in [-0.2, -0.15) is 0 Å². The summed E-state index contributed by atoms with van der Waals surface area (Å²) in [7, 11) is 0. The molecule has 1 aliphatic rings. The molecule has 1 aliphatic heterocycles. The van der Waals surface area contributed by atoms with Crippen LogP contribution in [0.3, 0.4) is 0 Å². The largest absolute Gasteiger partial charge is 0.357 e. The highest BCUT2D eigenvalue weighted by Crippen LogP contribution is 2.34. The maximum Gasteiger partial charge on any atom is 0.247 e. The van der Waals surface area contributed by atoms with Crippen LogP contribution >= 0.6 is 0 Å². The van der Waals surface area contributed by atoms with E-state index in [1.54, 1.807) is 11.6 Å². The number of hydroxylamine groups is 1. The molecular weight excluding hydrogens is 318 g/mol. The highest BCUT2D eigenvalue weighted by molar-refractivity contribution is 5.83. The Morgan fingerprint density at radius 2 is 2.28 bits per heavy atom. The number of H-pyrrole nitrogens is 1. The Balaban J connectivity index is 1.83. The molecule has 25 heavy (non-hydrogen) atoms. The number of benzene rings is 1. The standard InChI is InChI=1S/C18H23N5O2/c1-11(2)18(16-9-14-12(3)5-4-6-15(14)19-16)23-10-13(20-22-23)7-8-17(24)21-25/h4-7,9,11,18-19,25H,8,10H2,1-3H3,(H,21,24)/b13-7-. The van der Waals surface area contributed by atoms with Crippen molar-refractivity contribution in [1.82, 2.24) is 15.5 Å². The lowest BCUT2D eigenvalue weighted by atomic mass is 10.00. The van der Waals surface area contributed by atoms with E-state index >= 15 is 0 Å². The van der Waals surface area contributed by atoms with Gasteiger partial charge in [0.15, 0.2) is 0 Å². The van der Waals surface area contributed by atoms with Crippen molar-refractivity contribution in [2.75, 3.05) is 6.54 Å². The molecule has 0 fully saturated rings. The van der Waals surface area contributed by atoms with Crippen molar-refractivity contribution >= 4 is 16.8 Å². The van der Waals surface area contributed by atoms with E-state index in [1.165, 1.54) is 10.9 Å². The first kappa shape index (κ1) is 17.2. The summed E-state index contributed by atoms with van der Waals surface area (Å²) >= 11 is 0. The van der Waals surface area contributed by atoms with Gasteiger partial charge in [0, 0.05) is 23.0 Å². The smallest absolute Gasteiger partial charge is 0.247 e. The van der Waals surface area contributed by atoms with Crippen molar-refractivity contribution in [3.8, 4) is 0 Å². The van der Waals surface area contributed by atoms with E-state index in [1.807, 2.05) is 11.1 Å². The minimum absolute atomic E-state index is 0.0631. The van der Waals surface area contributed by atoms with Gasteiger partial charge in [-0.15, -0.1) is 5.11 Å². The number of hydrogen-bond acceptors (Lipinski definition) is 5. The number of rotatable bonds is 5. The van der Waals surface area contributed by atoms with Gasteiger partial charge in [0.05, 0.1) is 18.3 Å². The molecular formula is C18H23N5O2. The normalized spacial score (nSPS) is 17.0. The Morgan fingerprint density at radius 3 is 2.96 bits per heavy atom. The van der Waals surface area contributed by atoms with Gasteiger partial charge in [-0.3, -0.25) is 15.0 Å². The summed E-state index contributed by atoms with van der Waals surface area (Å²) in [6.07, 6.45) is 1.76. The molecule has 0 aliphatic carbocycles. The topological polar surface area (TPSA) is 93.1 Å². The van der Waals surface area contributed by atoms with Crippen LogP contribution in [0.5, 0.6) is 0 Å². The number of carbonyl (C=O) groups is 1. The van der Waals surface area contributed by atoms with Crippen LogP contribution in [0, 0.1) is 12.8 Å². The molecule has 0 spiro atoms. The summed E-state index contributed by atoms with van der Waals surface area (Å²) in [6, 6.07) is 8.48. The third-order valence-corrected chi connectivity index (χ3v) is 4.43. The van der Waals surface area contributed by atoms with Crippen LogP contribution in [0.2, 0.25) is 0 Å². The Labute approximate surface area is 146 Å². The molecule has 2 aromatic rings. The number of aromatic amines is 1. The Morgan fingerprint density at radius 1 is 1.48 bits per heavy atom.